The van der Waals surface area contributed by atoms with Crippen LogP contribution >= 0.6 is 11.8 Å². The van der Waals surface area contributed by atoms with Gasteiger partial charge in [0.25, 0.3) is 0 Å². The number of phenols is 1. The molecule has 1 spiro atoms. The van der Waals surface area contributed by atoms with Crippen LogP contribution in [0.5, 0.6) is 11.5 Å². The molecule has 152 valence electrons. The quantitative estimate of drug-likeness (QED) is 0.672. The van der Waals surface area contributed by atoms with Gasteiger partial charge in [-0.05, 0) is 38.0 Å². The van der Waals surface area contributed by atoms with Crippen LogP contribution in [-0.2, 0) is 0 Å². The molecule has 2 N–H and O–H groups in total. The highest BCUT2D eigenvalue weighted by Gasteiger charge is 2.48. The molecular weight excluding hydrogens is 380 g/mol. The van der Waals surface area contributed by atoms with E-state index in [2.05, 4.69) is 50.0 Å². The largest absolute Gasteiger partial charge is 0.508 e. The summed E-state index contributed by atoms with van der Waals surface area (Å²) in [6, 6.07) is 14.1. The number of thioether (sulfide) groups is 1. The Labute approximate surface area is 177 Å². The van der Waals surface area contributed by atoms with Gasteiger partial charge in [-0.1, -0.05) is 48.2 Å². The number of fused-ring (bicyclic) bond motifs is 1. The van der Waals surface area contributed by atoms with Gasteiger partial charge in [-0.15, -0.1) is 6.58 Å². The van der Waals surface area contributed by atoms with Crippen LogP contribution in [0, 0.1) is 6.92 Å². The summed E-state index contributed by atoms with van der Waals surface area (Å²) in [4.78, 5) is 5.06. The summed E-state index contributed by atoms with van der Waals surface area (Å²) in [7, 11) is 0. The fourth-order valence-corrected chi connectivity index (χ4v) is 5.43. The van der Waals surface area contributed by atoms with E-state index in [1.807, 2.05) is 25.1 Å². The summed E-state index contributed by atoms with van der Waals surface area (Å²) in [6.45, 7) is 10.2. The van der Waals surface area contributed by atoms with Gasteiger partial charge in [0.05, 0.1) is 0 Å². The number of hydrogen-bond acceptors (Lipinski definition) is 5. The number of aliphatic imine (C=N–C) groups is 1. The molecule has 0 bridgehead atoms. The summed E-state index contributed by atoms with van der Waals surface area (Å²) in [5.74, 6) is 1.90. The molecule has 0 aliphatic carbocycles. The fourth-order valence-electron chi connectivity index (χ4n) is 4.58. The van der Waals surface area contributed by atoms with Crippen molar-refractivity contribution in [3.05, 3.63) is 71.8 Å². The van der Waals surface area contributed by atoms with Gasteiger partial charge in [0.15, 0.2) is 5.17 Å². The summed E-state index contributed by atoms with van der Waals surface area (Å²) in [5.41, 5.74) is 2.60. The minimum atomic E-state index is -0.675. The average molecular weight is 409 g/mol. The number of aryl methyl sites for hydroxylation is 1. The predicted octanol–water partition coefficient (Wildman–Crippen LogP) is 5.36. The summed E-state index contributed by atoms with van der Waals surface area (Å²) < 4.78 is 6.59. The van der Waals surface area contributed by atoms with Crippen molar-refractivity contribution in [1.29, 1.82) is 0 Å². The highest BCUT2D eigenvalue weighted by molar-refractivity contribution is 8.13. The smallest absolute Gasteiger partial charge is 0.206 e. The Balaban J connectivity index is 1.85. The van der Waals surface area contributed by atoms with Crippen LogP contribution in [0.25, 0.3) is 0 Å². The second-order valence-corrected chi connectivity index (χ2v) is 9.60. The molecule has 2 aliphatic heterocycles. The minimum absolute atomic E-state index is 0.156. The fraction of sp³-hybridized carbons (Fsp3) is 0.375. The molecule has 0 unspecified atom stereocenters. The second-order valence-electron chi connectivity index (χ2n) is 8.59. The van der Waals surface area contributed by atoms with E-state index in [1.54, 1.807) is 17.8 Å². The lowest BCUT2D eigenvalue weighted by atomic mass is 9.76. The third-order valence-corrected chi connectivity index (χ3v) is 6.38. The van der Waals surface area contributed by atoms with E-state index in [-0.39, 0.29) is 17.2 Å². The number of ether oxygens (including phenoxy) is 1. The number of benzene rings is 2. The van der Waals surface area contributed by atoms with Crippen molar-refractivity contribution in [1.82, 2.24) is 5.32 Å². The van der Waals surface area contributed by atoms with Crippen molar-refractivity contribution < 1.29 is 9.84 Å². The summed E-state index contributed by atoms with van der Waals surface area (Å²) >= 11 is 1.64. The molecule has 0 saturated heterocycles. The van der Waals surface area contributed by atoms with Gasteiger partial charge in [-0.2, -0.15) is 0 Å². The van der Waals surface area contributed by atoms with E-state index >= 15 is 0 Å². The van der Waals surface area contributed by atoms with Crippen LogP contribution in [-0.4, -0.2) is 27.3 Å². The van der Waals surface area contributed by atoms with Crippen molar-refractivity contribution in [2.75, 3.05) is 5.75 Å². The Morgan fingerprint density at radius 2 is 2.07 bits per heavy atom. The highest BCUT2D eigenvalue weighted by Crippen LogP contribution is 2.50. The zero-order valence-corrected chi connectivity index (χ0v) is 18.1. The monoisotopic (exact) mass is 408 g/mol. The molecule has 5 heteroatoms. The first-order valence-corrected chi connectivity index (χ1v) is 11.0. The molecule has 4 rings (SSSR count). The van der Waals surface area contributed by atoms with E-state index in [1.165, 1.54) is 5.56 Å². The van der Waals surface area contributed by atoms with Crippen molar-refractivity contribution in [3.8, 4) is 11.5 Å². The normalized spacial score (nSPS) is 24.8. The second kappa shape index (κ2) is 7.45. The van der Waals surface area contributed by atoms with Crippen molar-refractivity contribution in [3.63, 3.8) is 0 Å². The van der Waals surface area contributed by atoms with Gasteiger partial charge in [-0.25, -0.2) is 4.99 Å². The number of aromatic hydroxyl groups is 1. The number of rotatable bonds is 3. The van der Waals surface area contributed by atoms with Gasteiger partial charge in [-0.3, -0.25) is 0 Å². The molecule has 0 saturated carbocycles. The molecular formula is C24H28N2O2S. The lowest BCUT2D eigenvalue weighted by Crippen LogP contribution is -2.57. The molecule has 4 nitrogen and oxygen atoms in total. The van der Waals surface area contributed by atoms with Crippen molar-refractivity contribution in [2.24, 2.45) is 4.99 Å². The number of nitrogens with zero attached hydrogens (tertiary/aromatic N) is 1. The third kappa shape index (κ3) is 4.01. The maximum absolute atomic E-state index is 10.2. The standard InChI is InChI=1S/C24H28N2O2S/c1-5-11-29-22-25-23(3,4)15-24(26-22)14-19(17-9-7-6-8-10-17)21-16(2)12-18(27)13-20(21)28-24/h5-10,12-13,19,27H,1,11,14-15H2,2-4H3,(H,25,26)/t19-,24-/m0/s1. The Kier molecular flexibility index (Phi) is 5.11. The molecule has 2 atom stereocenters. The van der Waals surface area contributed by atoms with E-state index in [0.717, 1.165) is 40.6 Å². The van der Waals surface area contributed by atoms with Gasteiger partial charge >= 0.3 is 0 Å². The van der Waals surface area contributed by atoms with Crippen molar-refractivity contribution in [2.45, 2.75) is 50.8 Å². The number of hydrogen-bond donors (Lipinski definition) is 2. The number of phenolic OH excluding ortho intramolecular Hbond substituents is 1. The summed E-state index contributed by atoms with van der Waals surface area (Å²) in [5, 5.41) is 14.7. The average Bonchev–Trinajstić information content (AvgIpc) is 2.64. The molecule has 29 heavy (non-hydrogen) atoms. The SMILES string of the molecule is C=CCSC1=N[C@]2(C[C@@H](c3ccccc3)c3c(C)cc(O)cc3O2)CC(C)(C)N1. The van der Waals surface area contributed by atoms with Crippen molar-refractivity contribution >= 4 is 16.9 Å². The molecule has 0 aromatic heterocycles. The van der Waals surface area contributed by atoms with Gasteiger partial charge in [0.2, 0.25) is 5.72 Å². The molecule has 2 heterocycles. The number of amidine groups is 1. The zero-order chi connectivity index (χ0) is 20.6. The summed E-state index contributed by atoms with van der Waals surface area (Å²) in [6.07, 6.45) is 3.39. The van der Waals surface area contributed by atoms with Crippen LogP contribution in [0.1, 0.15) is 49.3 Å². The Morgan fingerprint density at radius 3 is 2.79 bits per heavy atom. The first-order valence-electron chi connectivity index (χ1n) is 10.0. The van der Waals surface area contributed by atoms with Crippen LogP contribution < -0.4 is 10.1 Å². The Bertz CT molecular complexity index is 955. The zero-order valence-electron chi connectivity index (χ0n) is 17.2. The molecule has 2 aromatic rings. The first-order chi connectivity index (χ1) is 13.8. The van der Waals surface area contributed by atoms with Gasteiger partial charge in [0.1, 0.15) is 11.5 Å². The molecule has 0 fully saturated rings. The Hall–Kier alpha value is -2.40. The van der Waals surface area contributed by atoms with Crippen LogP contribution in [0.2, 0.25) is 0 Å². The molecule has 2 aliphatic rings. The van der Waals surface area contributed by atoms with E-state index in [9.17, 15) is 5.11 Å². The minimum Gasteiger partial charge on any atom is -0.508 e. The van der Waals surface area contributed by atoms with Gasteiger partial charge in [0, 0.05) is 41.7 Å². The lowest BCUT2D eigenvalue weighted by molar-refractivity contribution is 0.0132. The van der Waals surface area contributed by atoms with E-state index in [4.69, 9.17) is 9.73 Å². The predicted molar refractivity (Wildman–Crippen MR) is 121 cm³/mol. The maximum atomic E-state index is 10.2. The number of nitrogens with one attached hydrogen (secondary N) is 1. The van der Waals surface area contributed by atoms with Crippen LogP contribution in [0.15, 0.2) is 60.1 Å². The topological polar surface area (TPSA) is 53.9 Å². The lowest BCUT2D eigenvalue weighted by Gasteiger charge is -2.47. The maximum Gasteiger partial charge on any atom is 0.206 e. The van der Waals surface area contributed by atoms with E-state index in [0.29, 0.717) is 0 Å². The highest BCUT2D eigenvalue weighted by atomic mass is 32.2. The molecule has 2 aromatic carbocycles. The third-order valence-electron chi connectivity index (χ3n) is 5.51. The van der Waals surface area contributed by atoms with E-state index < -0.39 is 5.72 Å². The van der Waals surface area contributed by atoms with Gasteiger partial charge < -0.3 is 15.2 Å². The molecule has 0 amide bonds. The van der Waals surface area contributed by atoms with Crippen LogP contribution in [0.3, 0.4) is 0 Å². The first kappa shape index (κ1) is 19.9. The van der Waals surface area contributed by atoms with Crippen LogP contribution in [0.4, 0.5) is 0 Å². The Morgan fingerprint density at radius 1 is 1.31 bits per heavy atom. The molecule has 0 radical (unpaired) electrons.